The van der Waals surface area contributed by atoms with Crippen LogP contribution < -0.4 is 15.5 Å². The van der Waals surface area contributed by atoms with Gasteiger partial charge in [0.1, 0.15) is 5.82 Å². The summed E-state index contributed by atoms with van der Waals surface area (Å²) < 4.78 is 0. The number of nitrogens with one attached hydrogen (secondary N) is 2. The van der Waals surface area contributed by atoms with E-state index in [1.165, 1.54) is 11.1 Å². The van der Waals surface area contributed by atoms with Gasteiger partial charge in [0.25, 0.3) is 0 Å². The van der Waals surface area contributed by atoms with E-state index >= 15 is 0 Å². The van der Waals surface area contributed by atoms with E-state index < -0.39 is 0 Å². The Morgan fingerprint density at radius 2 is 1.83 bits per heavy atom. The topological polar surface area (TPSA) is 55.8 Å². The van der Waals surface area contributed by atoms with Gasteiger partial charge in [0.05, 0.1) is 0 Å². The Morgan fingerprint density at radius 3 is 2.53 bits per heavy atom. The summed E-state index contributed by atoms with van der Waals surface area (Å²) in [5.74, 6) is 1.92. The Labute approximate surface area is 198 Å². The molecule has 7 heteroatoms. The van der Waals surface area contributed by atoms with E-state index in [9.17, 15) is 0 Å². The minimum Gasteiger partial charge on any atom is -0.354 e. The lowest BCUT2D eigenvalue weighted by molar-refractivity contribution is 0.312. The van der Waals surface area contributed by atoms with Crippen LogP contribution in [-0.4, -0.2) is 62.2 Å². The van der Waals surface area contributed by atoms with Crippen molar-refractivity contribution in [1.82, 2.24) is 20.5 Å². The number of likely N-dealkylation sites (N-methyl/N-ethyl adjacent to an activating group) is 1. The van der Waals surface area contributed by atoms with Crippen LogP contribution >= 0.6 is 24.0 Å². The van der Waals surface area contributed by atoms with Crippen molar-refractivity contribution in [3.63, 3.8) is 0 Å². The summed E-state index contributed by atoms with van der Waals surface area (Å²) in [6, 6.07) is 15.1. The number of piperazine rings is 1. The molecule has 0 saturated carbocycles. The molecule has 2 N–H and O–H groups in total. The van der Waals surface area contributed by atoms with Crippen LogP contribution in [0, 0.1) is 0 Å². The van der Waals surface area contributed by atoms with E-state index in [1.807, 2.05) is 19.3 Å². The van der Waals surface area contributed by atoms with E-state index in [0.29, 0.717) is 12.6 Å². The van der Waals surface area contributed by atoms with Crippen LogP contribution in [0.4, 0.5) is 5.82 Å². The van der Waals surface area contributed by atoms with Crippen LogP contribution in [0.5, 0.6) is 0 Å². The van der Waals surface area contributed by atoms with Gasteiger partial charge < -0.3 is 20.4 Å². The summed E-state index contributed by atoms with van der Waals surface area (Å²) in [6.45, 7) is 7.10. The molecule has 1 unspecified atom stereocenters. The van der Waals surface area contributed by atoms with Gasteiger partial charge in [-0.1, -0.05) is 36.4 Å². The Kier molecular flexibility index (Phi) is 10.4. The number of anilines is 1. The summed E-state index contributed by atoms with van der Waals surface area (Å²) >= 11 is 0. The number of aliphatic imine (C=N–C) groups is 1. The lowest BCUT2D eigenvalue weighted by Gasteiger charge is -2.34. The van der Waals surface area contributed by atoms with Gasteiger partial charge in [-0.15, -0.1) is 24.0 Å². The molecule has 1 aliphatic heterocycles. The summed E-state index contributed by atoms with van der Waals surface area (Å²) in [4.78, 5) is 13.8. The first-order chi connectivity index (χ1) is 14.2. The van der Waals surface area contributed by atoms with Gasteiger partial charge in [0.15, 0.2) is 5.96 Å². The van der Waals surface area contributed by atoms with Crippen LogP contribution in [0.1, 0.15) is 24.5 Å². The second-order valence-electron chi connectivity index (χ2n) is 7.77. The third kappa shape index (κ3) is 7.43. The zero-order chi connectivity index (χ0) is 20.5. The summed E-state index contributed by atoms with van der Waals surface area (Å²) in [5, 5.41) is 6.98. The lowest BCUT2D eigenvalue weighted by Crippen LogP contribution is -2.45. The zero-order valence-corrected chi connectivity index (χ0v) is 20.7. The number of aryl methyl sites for hydroxylation is 1. The van der Waals surface area contributed by atoms with Crippen LogP contribution in [0.2, 0.25) is 0 Å². The van der Waals surface area contributed by atoms with Crippen LogP contribution in [0.25, 0.3) is 0 Å². The minimum absolute atomic E-state index is 0. The number of pyridine rings is 1. The molecule has 1 saturated heterocycles. The van der Waals surface area contributed by atoms with Crippen molar-refractivity contribution in [1.29, 1.82) is 0 Å². The van der Waals surface area contributed by atoms with Crippen LogP contribution in [0.3, 0.4) is 0 Å². The van der Waals surface area contributed by atoms with Gasteiger partial charge in [-0.25, -0.2) is 4.98 Å². The zero-order valence-electron chi connectivity index (χ0n) is 18.3. The van der Waals surface area contributed by atoms with E-state index in [2.05, 4.69) is 80.8 Å². The first-order valence-corrected chi connectivity index (χ1v) is 10.5. The second kappa shape index (κ2) is 12.7. The third-order valence-electron chi connectivity index (χ3n) is 5.43. The molecule has 0 amide bonds. The quantitative estimate of drug-likeness (QED) is 0.333. The molecule has 30 heavy (non-hydrogen) atoms. The summed E-state index contributed by atoms with van der Waals surface area (Å²) in [7, 11) is 4.00. The van der Waals surface area contributed by atoms with Gasteiger partial charge >= 0.3 is 0 Å². The Balaban J connectivity index is 0.00000320. The number of rotatable bonds is 7. The van der Waals surface area contributed by atoms with Crippen molar-refractivity contribution in [3.05, 3.63) is 59.8 Å². The van der Waals surface area contributed by atoms with Gasteiger partial charge in [0.2, 0.25) is 0 Å². The number of hydrogen-bond donors (Lipinski definition) is 2. The number of benzene rings is 1. The maximum Gasteiger partial charge on any atom is 0.191 e. The molecule has 3 rings (SSSR count). The fourth-order valence-electron chi connectivity index (χ4n) is 3.58. The first kappa shape index (κ1) is 24.4. The standard InChI is InChI=1S/C23H34N6.HI/c1-19(11-12-20-8-5-4-6-9-20)27-23(24-2)26-18-21-10-7-13-25-22(21)29-16-14-28(3)15-17-29;/h4-10,13,19H,11-12,14-18H2,1-3H3,(H2,24,26,27);1H. The molecule has 2 aromatic rings. The van der Waals surface area contributed by atoms with E-state index in [-0.39, 0.29) is 24.0 Å². The molecule has 0 aliphatic carbocycles. The van der Waals surface area contributed by atoms with Crippen molar-refractivity contribution in [2.75, 3.05) is 45.2 Å². The number of halogens is 1. The van der Waals surface area contributed by atoms with E-state index in [1.54, 1.807) is 0 Å². The van der Waals surface area contributed by atoms with Crippen molar-refractivity contribution in [3.8, 4) is 0 Å². The highest BCUT2D eigenvalue weighted by Crippen LogP contribution is 2.18. The molecule has 0 spiro atoms. The van der Waals surface area contributed by atoms with Crippen molar-refractivity contribution < 1.29 is 0 Å². The highest BCUT2D eigenvalue weighted by molar-refractivity contribution is 14.0. The smallest absolute Gasteiger partial charge is 0.191 e. The molecule has 6 nitrogen and oxygen atoms in total. The highest BCUT2D eigenvalue weighted by Gasteiger charge is 2.18. The molecule has 164 valence electrons. The Morgan fingerprint density at radius 1 is 1.10 bits per heavy atom. The molecular formula is C23H35IN6. The van der Waals surface area contributed by atoms with E-state index in [4.69, 9.17) is 0 Å². The summed E-state index contributed by atoms with van der Waals surface area (Å²) in [6.07, 6.45) is 4.00. The van der Waals surface area contributed by atoms with Crippen molar-refractivity contribution >= 4 is 35.8 Å². The number of nitrogens with zero attached hydrogens (tertiary/aromatic N) is 4. The van der Waals surface area contributed by atoms with Crippen molar-refractivity contribution in [2.45, 2.75) is 32.4 Å². The number of guanidine groups is 1. The fourth-order valence-corrected chi connectivity index (χ4v) is 3.58. The number of aromatic nitrogens is 1. The van der Waals surface area contributed by atoms with Crippen LogP contribution in [-0.2, 0) is 13.0 Å². The summed E-state index contributed by atoms with van der Waals surface area (Å²) in [5.41, 5.74) is 2.58. The third-order valence-corrected chi connectivity index (χ3v) is 5.43. The monoisotopic (exact) mass is 522 g/mol. The Hall–Kier alpha value is -1.87. The fraction of sp³-hybridized carbons (Fsp3) is 0.478. The van der Waals surface area contributed by atoms with Gasteiger partial charge in [-0.05, 0) is 38.4 Å². The maximum atomic E-state index is 4.66. The lowest BCUT2D eigenvalue weighted by atomic mass is 10.1. The first-order valence-electron chi connectivity index (χ1n) is 10.5. The molecular weight excluding hydrogens is 487 g/mol. The Bertz CT molecular complexity index is 774. The predicted molar refractivity (Wildman–Crippen MR) is 137 cm³/mol. The highest BCUT2D eigenvalue weighted by atomic mass is 127. The largest absolute Gasteiger partial charge is 0.354 e. The van der Waals surface area contributed by atoms with Gasteiger partial charge in [0, 0.05) is 57.6 Å². The van der Waals surface area contributed by atoms with E-state index in [0.717, 1.165) is 50.8 Å². The van der Waals surface area contributed by atoms with Crippen LogP contribution in [0.15, 0.2) is 53.7 Å². The van der Waals surface area contributed by atoms with Gasteiger partial charge in [-0.3, -0.25) is 4.99 Å². The number of hydrogen-bond acceptors (Lipinski definition) is 4. The van der Waals surface area contributed by atoms with Crippen molar-refractivity contribution in [2.24, 2.45) is 4.99 Å². The molecule has 2 heterocycles. The molecule has 1 aliphatic rings. The SMILES string of the molecule is CN=C(NCc1cccnc1N1CCN(C)CC1)NC(C)CCc1ccccc1.I. The average Bonchev–Trinajstić information content (AvgIpc) is 2.77. The van der Waals surface area contributed by atoms with Gasteiger partial charge in [-0.2, -0.15) is 0 Å². The molecule has 1 aromatic carbocycles. The normalized spacial score (nSPS) is 16.0. The molecule has 1 aromatic heterocycles. The molecule has 1 fully saturated rings. The predicted octanol–water partition coefficient (Wildman–Crippen LogP) is 3.14. The molecule has 0 bridgehead atoms. The average molecular weight is 522 g/mol. The maximum absolute atomic E-state index is 4.66. The molecule has 1 atom stereocenters. The minimum atomic E-state index is 0. The molecule has 0 radical (unpaired) electrons. The second-order valence-corrected chi connectivity index (χ2v) is 7.77.